The van der Waals surface area contributed by atoms with Crippen LogP contribution >= 0.6 is 0 Å². The Labute approximate surface area is 174 Å². The van der Waals surface area contributed by atoms with E-state index in [2.05, 4.69) is 31.4 Å². The molecule has 164 valence electrons. The van der Waals surface area contributed by atoms with Gasteiger partial charge in [-0.1, -0.05) is 65.0 Å². The van der Waals surface area contributed by atoms with Crippen molar-refractivity contribution in [3.63, 3.8) is 0 Å². The number of ether oxygens (including phenoxy) is 1. The molecule has 0 heterocycles. The second-order valence-corrected chi connectivity index (χ2v) is 7.69. The van der Waals surface area contributed by atoms with Crippen LogP contribution in [0.25, 0.3) is 0 Å². The molecule has 0 aliphatic carbocycles. The van der Waals surface area contributed by atoms with Crippen LogP contribution in [0.15, 0.2) is 30.3 Å². The molecule has 0 saturated heterocycles. The van der Waals surface area contributed by atoms with Crippen LogP contribution in [0, 0.1) is 5.41 Å². The van der Waals surface area contributed by atoms with E-state index >= 15 is 0 Å². The molecule has 0 aliphatic rings. The number of carboxylic acid groups (broad SMARTS) is 1. The van der Waals surface area contributed by atoms with E-state index in [9.17, 15) is 14.4 Å². The number of aliphatic carboxylic acids is 1. The number of carboxylic acids is 1. The summed E-state index contributed by atoms with van der Waals surface area (Å²) in [5.41, 5.74) is 0.919. The van der Waals surface area contributed by atoms with Crippen LogP contribution in [0.4, 0.5) is 0 Å². The molecule has 2 atom stereocenters. The molecule has 1 rings (SSSR count). The number of nitrogens with one attached hydrogen (secondary N) is 2. The van der Waals surface area contributed by atoms with Crippen molar-refractivity contribution in [2.24, 2.45) is 5.41 Å². The number of hydrogen-bond donors (Lipinski definition) is 3. The molecule has 0 spiro atoms. The lowest BCUT2D eigenvalue weighted by Crippen LogP contribution is -2.52. The van der Waals surface area contributed by atoms with Gasteiger partial charge in [-0.15, -0.1) is 0 Å². The van der Waals surface area contributed by atoms with Crippen LogP contribution in [-0.2, 0) is 25.5 Å². The number of amides is 1. The Morgan fingerprint density at radius 2 is 1.66 bits per heavy atom. The molecule has 0 fully saturated rings. The van der Waals surface area contributed by atoms with Gasteiger partial charge in [-0.25, -0.2) is 4.79 Å². The third-order valence-corrected chi connectivity index (χ3v) is 4.05. The molecule has 1 unspecified atom stereocenters. The van der Waals surface area contributed by atoms with E-state index in [0.717, 1.165) is 12.0 Å². The van der Waals surface area contributed by atoms with Crippen molar-refractivity contribution < 1.29 is 24.2 Å². The van der Waals surface area contributed by atoms with E-state index in [1.807, 2.05) is 44.2 Å². The normalized spacial score (nSPS) is 12.8. The maximum Gasteiger partial charge on any atom is 0.328 e. The third kappa shape index (κ3) is 11.9. The van der Waals surface area contributed by atoms with E-state index in [1.165, 1.54) is 7.11 Å². The number of esters is 1. The van der Waals surface area contributed by atoms with Crippen LogP contribution in [0.5, 0.6) is 0 Å². The first-order valence-electron chi connectivity index (χ1n) is 9.99. The second-order valence-electron chi connectivity index (χ2n) is 7.69. The molecule has 1 amide bonds. The Bertz CT molecular complexity index is 626. The molecule has 0 aliphatic heterocycles. The summed E-state index contributed by atoms with van der Waals surface area (Å²) in [7, 11) is 1.25. The van der Waals surface area contributed by atoms with Crippen molar-refractivity contribution in [3.05, 3.63) is 35.9 Å². The highest BCUT2D eigenvalue weighted by atomic mass is 16.5. The van der Waals surface area contributed by atoms with Crippen molar-refractivity contribution in [2.75, 3.05) is 13.7 Å². The summed E-state index contributed by atoms with van der Waals surface area (Å²) in [5.74, 6) is -2.19. The van der Waals surface area contributed by atoms with Gasteiger partial charge in [0.1, 0.15) is 6.04 Å². The van der Waals surface area contributed by atoms with Crippen LogP contribution in [0.1, 0.15) is 53.0 Å². The maximum absolute atomic E-state index is 12.6. The van der Waals surface area contributed by atoms with Crippen molar-refractivity contribution in [1.82, 2.24) is 10.6 Å². The van der Waals surface area contributed by atoms with Crippen LogP contribution in [-0.4, -0.2) is 48.7 Å². The van der Waals surface area contributed by atoms with E-state index in [0.29, 0.717) is 6.54 Å². The molecular formula is C22H36N2O5. The largest absolute Gasteiger partial charge is 0.481 e. The first kappa shape index (κ1) is 26.6. The maximum atomic E-state index is 12.6. The number of rotatable bonds is 10. The standard InChI is InChI=1S/C20H30N2O5.C2H6/c1-20(2,3)10-11-21-15(13-17(23)24)18(25)22-16(19(26)27-4)12-14-8-6-5-7-9-14;1-2/h5-9,15-16,21H,10-13H2,1-4H3,(H,22,25)(H,23,24);1-2H3/t15?,16-;/m0./s1. The molecule has 7 nitrogen and oxygen atoms in total. The summed E-state index contributed by atoms with van der Waals surface area (Å²) in [6, 6.07) is 7.42. The van der Waals surface area contributed by atoms with Crippen LogP contribution in [0.2, 0.25) is 0 Å². The lowest BCUT2D eigenvalue weighted by Gasteiger charge is -2.23. The Morgan fingerprint density at radius 1 is 1.07 bits per heavy atom. The van der Waals surface area contributed by atoms with Gasteiger partial charge in [0.2, 0.25) is 5.91 Å². The molecular weight excluding hydrogens is 372 g/mol. The molecule has 29 heavy (non-hydrogen) atoms. The molecule has 0 aromatic heterocycles. The average Bonchev–Trinajstić information content (AvgIpc) is 2.67. The van der Waals surface area contributed by atoms with Crippen LogP contribution in [0.3, 0.4) is 0 Å². The minimum Gasteiger partial charge on any atom is -0.481 e. The summed E-state index contributed by atoms with van der Waals surface area (Å²) >= 11 is 0. The van der Waals surface area contributed by atoms with Gasteiger partial charge in [-0.2, -0.15) is 0 Å². The van der Waals surface area contributed by atoms with E-state index in [-0.39, 0.29) is 18.3 Å². The zero-order chi connectivity index (χ0) is 22.4. The number of carbonyl (C=O) groups excluding carboxylic acids is 2. The van der Waals surface area contributed by atoms with Gasteiger partial charge in [-0.05, 0) is 23.9 Å². The lowest BCUT2D eigenvalue weighted by molar-refractivity contribution is -0.145. The summed E-state index contributed by atoms with van der Waals surface area (Å²) in [6.45, 7) is 10.7. The van der Waals surface area contributed by atoms with Crippen molar-refractivity contribution in [1.29, 1.82) is 0 Å². The predicted molar refractivity (Wildman–Crippen MR) is 114 cm³/mol. The molecule has 3 N–H and O–H groups in total. The number of methoxy groups -OCH3 is 1. The predicted octanol–water partition coefficient (Wildman–Crippen LogP) is 2.78. The highest BCUT2D eigenvalue weighted by Gasteiger charge is 2.28. The first-order valence-corrected chi connectivity index (χ1v) is 9.99. The van der Waals surface area contributed by atoms with Crippen molar-refractivity contribution in [3.8, 4) is 0 Å². The average molecular weight is 409 g/mol. The second kappa shape index (κ2) is 13.7. The summed E-state index contributed by atoms with van der Waals surface area (Å²) in [5, 5.41) is 14.7. The smallest absolute Gasteiger partial charge is 0.328 e. The fourth-order valence-electron chi connectivity index (χ4n) is 2.51. The van der Waals surface area contributed by atoms with Gasteiger partial charge < -0.3 is 20.5 Å². The molecule has 0 saturated carbocycles. The Balaban J connectivity index is 0.00000379. The van der Waals surface area contributed by atoms with Gasteiger partial charge in [0, 0.05) is 6.42 Å². The van der Waals surface area contributed by atoms with Crippen molar-refractivity contribution >= 4 is 17.8 Å². The van der Waals surface area contributed by atoms with Crippen molar-refractivity contribution in [2.45, 2.75) is 66.0 Å². The third-order valence-electron chi connectivity index (χ3n) is 4.05. The van der Waals surface area contributed by atoms with Gasteiger partial charge in [0.15, 0.2) is 0 Å². The van der Waals surface area contributed by atoms with E-state index in [1.54, 1.807) is 0 Å². The fraction of sp³-hybridized carbons (Fsp3) is 0.591. The lowest BCUT2D eigenvalue weighted by atomic mass is 9.92. The Morgan fingerprint density at radius 3 is 2.14 bits per heavy atom. The summed E-state index contributed by atoms with van der Waals surface area (Å²) in [6.07, 6.45) is 0.678. The van der Waals surface area contributed by atoms with E-state index < -0.39 is 29.9 Å². The minimum atomic E-state index is -1.09. The Hall–Kier alpha value is -2.41. The Kier molecular flexibility index (Phi) is 12.6. The number of benzene rings is 1. The molecule has 7 heteroatoms. The van der Waals surface area contributed by atoms with Gasteiger partial charge in [-0.3, -0.25) is 9.59 Å². The topological polar surface area (TPSA) is 105 Å². The zero-order valence-corrected chi connectivity index (χ0v) is 18.5. The van der Waals surface area contributed by atoms with Gasteiger partial charge >= 0.3 is 11.9 Å². The monoisotopic (exact) mass is 408 g/mol. The highest BCUT2D eigenvalue weighted by Crippen LogP contribution is 2.17. The fourth-order valence-corrected chi connectivity index (χ4v) is 2.51. The molecule has 0 radical (unpaired) electrons. The van der Waals surface area contributed by atoms with Gasteiger partial charge in [0.25, 0.3) is 0 Å². The molecule has 0 bridgehead atoms. The number of carbonyl (C=O) groups is 3. The SMILES string of the molecule is CC.COC(=O)[C@H](Cc1ccccc1)NC(=O)C(CC(=O)O)NCCC(C)(C)C. The quantitative estimate of drug-likeness (QED) is 0.514. The minimum absolute atomic E-state index is 0.0547. The summed E-state index contributed by atoms with van der Waals surface area (Å²) < 4.78 is 4.78. The van der Waals surface area contributed by atoms with Gasteiger partial charge in [0.05, 0.1) is 19.6 Å². The number of hydrogen-bond acceptors (Lipinski definition) is 5. The summed E-state index contributed by atoms with van der Waals surface area (Å²) in [4.78, 5) is 35.8. The highest BCUT2D eigenvalue weighted by molar-refractivity contribution is 5.90. The van der Waals surface area contributed by atoms with E-state index in [4.69, 9.17) is 9.84 Å². The molecule has 1 aromatic carbocycles. The molecule has 1 aromatic rings. The zero-order valence-electron chi connectivity index (χ0n) is 18.5. The van der Waals surface area contributed by atoms with Crippen LogP contribution < -0.4 is 10.6 Å². The first-order chi connectivity index (χ1) is 13.6.